The lowest BCUT2D eigenvalue weighted by Gasteiger charge is -2.30. The molecule has 16 heavy (non-hydrogen) atoms. The van der Waals surface area contributed by atoms with E-state index in [0.29, 0.717) is 0 Å². The van der Waals surface area contributed by atoms with Crippen LogP contribution in [-0.4, -0.2) is 0 Å². The molecule has 0 radical (unpaired) electrons. The zero-order chi connectivity index (χ0) is 11.2. The van der Waals surface area contributed by atoms with Crippen molar-refractivity contribution in [3.8, 4) is 11.1 Å². The Morgan fingerprint density at radius 2 is 1.44 bits per heavy atom. The highest BCUT2D eigenvalue weighted by molar-refractivity contribution is 9.24. The van der Waals surface area contributed by atoms with E-state index in [4.69, 9.17) is 0 Å². The summed E-state index contributed by atoms with van der Waals surface area (Å²) in [6.07, 6.45) is 0.972. The fraction of sp³-hybridized carbons (Fsp3) is 0.143. The molecule has 2 aromatic rings. The average Bonchev–Trinajstić information content (AvgIpc) is 2.29. The molecule has 2 heteroatoms. The second-order valence-electron chi connectivity index (χ2n) is 4.08. The van der Waals surface area contributed by atoms with E-state index >= 15 is 0 Å². The minimum absolute atomic E-state index is 0.120. The van der Waals surface area contributed by atoms with E-state index < -0.39 is 0 Å². The Hall–Kier alpha value is -0.600. The summed E-state index contributed by atoms with van der Waals surface area (Å²) in [7, 11) is 0. The highest BCUT2D eigenvalue weighted by atomic mass is 79.9. The molecule has 0 amide bonds. The molecule has 0 N–H and O–H groups in total. The van der Waals surface area contributed by atoms with Crippen LogP contribution >= 0.6 is 31.9 Å². The highest BCUT2D eigenvalue weighted by Gasteiger charge is 2.33. The molecule has 0 fully saturated rings. The monoisotopic (exact) mass is 336 g/mol. The zero-order valence-electron chi connectivity index (χ0n) is 8.58. The molecule has 0 spiro atoms. The summed E-state index contributed by atoms with van der Waals surface area (Å²) in [6, 6.07) is 17.1. The maximum atomic E-state index is 3.78. The standard InChI is InChI=1S/C14H10Br2/c15-14(16)9-10-5-1-2-6-11(10)12-7-3-4-8-13(12)14/h1-8H,9H2. The van der Waals surface area contributed by atoms with Gasteiger partial charge in [0.15, 0.2) is 0 Å². The number of alkyl halides is 2. The van der Waals surface area contributed by atoms with Gasteiger partial charge in [-0.15, -0.1) is 0 Å². The smallest absolute Gasteiger partial charge is 0.0670 e. The van der Waals surface area contributed by atoms with Gasteiger partial charge in [0.2, 0.25) is 0 Å². The van der Waals surface area contributed by atoms with E-state index in [9.17, 15) is 0 Å². The van der Waals surface area contributed by atoms with Crippen LogP contribution in [0.4, 0.5) is 0 Å². The van der Waals surface area contributed by atoms with Crippen molar-refractivity contribution < 1.29 is 0 Å². The molecule has 0 unspecified atom stereocenters. The molecular formula is C14H10Br2. The van der Waals surface area contributed by atoms with E-state index in [1.807, 2.05) is 0 Å². The first kappa shape index (κ1) is 10.5. The number of fused-ring (bicyclic) bond motifs is 3. The topological polar surface area (TPSA) is 0 Å². The van der Waals surface area contributed by atoms with Gasteiger partial charge in [-0.1, -0.05) is 80.4 Å². The van der Waals surface area contributed by atoms with E-state index in [1.165, 1.54) is 22.3 Å². The lowest BCUT2D eigenvalue weighted by atomic mass is 9.85. The van der Waals surface area contributed by atoms with Gasteiger partial charge in [-0.25, -0.2) is 0 Å². The van der Waals surface area contributed by atoms with Crippen LogP contribution in [-0.2, 0) is 9.65 Å². The summed E-state index contributed by atoms with van der Waals surface area (Å²) in [5.74, 6) is 0. The SMILES string of the molecule is BrC1(Br)Cc2ccccc2-c2ccccc21. The lowest BCUT2D eigenvalue weighted by Crippen LogP contribution is -2.19. The molecule has 2 aromatic carbocycles. The molecule has 0 aromatic heterocycles. The molecule has 0 heterocycles. The fourth-order valence-corrected chi connectivity index (χ4v) is 3.60. The Balaban J connectivity index is 2.33. The Morgan fingerprint density at radius 1 is 0.812 bits per heavy atom. The van der Waals surface area contributed by atoms with E-state index in [1.54, 1.807) is 0 Å². The molecule has 0 nitrogen and oxygen atoms in total. The Morgan fingerprint density at radius 3 is 2.25 bits per heavy atom. The molecular weight excluding hydrogens is 328 g/mol. The molecule has 0 saturated heterocycles. The molecule has 0 atom stereocenters. The average molecular weight is 338 g/mol. The minimum atomic E-state index is -0.120. The van der Waals surface area contributed by atoms with Crippen LogP contribution in [0, 0.1) is 0 Å². The van der Waals surface area contributed by atoms with Gasteiger partial charge in [0.25, 0.3) is 0 Å². The van der Waals surface area contributed by atoms with Crippen LogP contribution in [0.25, 0.3) is 11.1 Å². The molecule has 0 saturated carbocycles. The quantitative estimate of drug-likeness (QED) is 0.603. The third-order valence-corrected chi connectivity index (χ3v) is 4.46. The summed E-state index contributed by atoms with van der Waals surface area (Å²) in [6.45, 7) is 0. The van der Waals surface area contributed by atoms with Gasteiger partial charge in [-0.05, 0) is 22.3 Å². The van der Waals surface area contributed by atoms with Crippen molar-refractivity contribution in [2.75, 3.05) is 0 Å². The van der Waals surface area contributed by atoms with Crippen LogP contribution < -0.4 is 0 Å². The van der Waals surface area contributed by atoms with Gasteiger partial charge >= 0.3 is 0 Å². The number of hydrogen-bond acceptors (Lipinski definition) is 0. The predicted molar refractivity (Wildman–Crippen MR) is 75.1 cm³/mol. The maximum Gasteiger partial charge on any atom is 0.110 e. The lowest BCUT2D eigenvalue weighted by molar-refractivity contribution is 0.883. The van der Waals surface area contributed by atoms with Gasteiger partial charge in [0.1, 0.15) is 3.23 Å². The van der Waals surface area contributed by atoms with E-state index in [0.717, 1.165) is 6.42 Å². The van der Waals surface area contributed by atoms with Gasteiger partial charge < -0.3 is 0 Å². The van der Waals surface area contributed by atoms with Gasteiger partial charge in [-0.2, -0.15) is 0 Å². The van der Waals surface area contributed by atoms with Crippen molar-refractivity contribution >= 4 is 31.9 Å². The largest absolute Gasteiger partial charge is 0.110 e. The zero-order valence-corrected chi connectivity index (χ0v) is 11.8. The third-order valence-electron chi connectivity index (χ3n) is 3.04. The first-order chi connectivity index (χ1) is 7.68. The molecule has 1 aliphatic carbocycles. The molecule has 0 bridgehead atoms. The summed E-state index contributed by atoms with van der Waals surface area (Å²) >= 11 is 7.56. The highest BCUT2D eigenvalue weighted by Crippen LogP contribution is 2.50. The first-order valence-corrected chi connectivity index (χ1v) is 6.83. The fourth-order valence-electron chi connectivity index (χ4n) is 2.31. The number of hydrogen-bond donors (Lipinski definition) is 0. The van der Waals surface area contributed by atoms with Crippen molar-refractivity contribution in [3.05, 3.63) is 59.7 Å². The van der Waals surface area contributed by atoms with Crippen molar-refractivity contribution in [3.63, 3.8) is 0 Å². The third kappa shape index (κ3) is 1.56. The van der Waals surface area contributed by atoms with Crippen LogP contribution in [0.5, 0.6) is 0 Å². The molecule has 1 aliphatic rings. The molecule has 0 aliphatic heterocycles. The van der Waals surface area contributed by atoms with Crippen molar-refractivity contribution in [2.45, 2.75) is 9.65 Å². The van der Waals surface area contributed by atoms with Crippen molar-refractivity contribution in [2.24, 2.45) is 0 Å². The summed E-state index contributed by atoms with van der Waals surface area (Å²) in [5, 5.41) is 0. The predicted octanol–water partition coefficient (Wildman–Crippen LogP) is 4.85. The van der Waals surface area contributed by atoms with Crippen LogP contribution in [0.2, 0.25) is 0 Å². The Bertz CT molecular complexity index is 544. The first-order valence-electron chi connectivity index (χ1n) is 5.24. The second kappa shape index (κ2) is 3.71. The van der Waals surface area contributed by atoms with Crippen LogP contribution in [0.3, 0.4) is 0 Å². The minimum Gasteiger partial charge on any atom is -0.0670 e. The number of rotatable bonds is 0. The van der Waals surface area contributed by atoms with Gasteiger partial charge in [0, 0.05) is 6.42 Å². The Kier molecular flexibility index (Phi) is 2.45. The summed E-state index contributed by atoms with van der Waals surface area (Å²) in [4.78, 5) is 0. The van der Waals surface area contributed by atoms with Crippen LogP contribution in [0.1, 0.15) is 11.1 Å². The van der Waals surface area contributed by atoms with E-state index in [-0.39, 0.29) is 3.23 Å². The normalized spacial score (nSPS) is 16.4. The van der Waals surface area contributed by atoms with Gasteiger partial charge in [-0.3, -0.25) is 0 Å². The molecule has 3 rings (SSSR count). The molecule has 80 valence electrons. The number of halogens is 2. The maximum absolute atomic E-state index is 3.78. The van der Waals surface area contributed by atoms with E-state index in [2.05, 4.69) is 80.4 Å². The van der Waals surface area contributed by atoms with Crippen molar-refractivity contribution in [1.82, 2.24) is 0 Å². The second-order valence-corrected chi connectivity index (χ2v) is 7.86. The van der Waals surface area contributed by atoms with Crippen molar-refractivity contribution in [1.29, 1.82) is 0 Å². The summed E-state index contributed by atoms with van der Waals surface area (Å²) < 4.78 is -0.120. The Labute approximate surface area is 112 Å². The van der Waals surface area contributed by atoms with Gasteiger partial charge in [0.05, 0.1) is 0 Å². The van der Waals surface area contributed by atoms with Crippen LogP contribution in [0.15, 0.2) is 48.5 Å². The summed E-state index contributed by atoms with van der Waals surface area (Å²) in [5.41, 5.74) is 5.37. The number of benzene rings is 2.